The lowest BCUT2D eigenvalue weighted by molar-refractivity contribution is -0.160. The Labute approximate surface area is 222 Å². The van der Waals surface area contributed by atoms with Crippen LogP contribution >= 0.6 is 22.9 Å². The molecule has 7 nitrogen and oxygen atoms in total. The van der Waals surface area contributed by atoms with E-state index in [4.69, 9.17) is 21.3 Å². The summed E-state index contributed by atoms with van der Waals surface area (Å²) in [5.41, 5.74) is 2.47. The smallest absolute Gasteiger partial charge is 0.337 e. The molecule has 0 radical (unpaired) electrons. The number of thiazole rings is 1. The van der Waals surface area contributed by atoms with Crippen molar-refractivity contribution in [3.63, 3.8) is 0 Å². The second kappa shape index (κ2) is 9.37. The minimum atomic E-state index is -1.21. The molecule has 0 fully saturated rings. The first-order valence-electron chi connectivity index (χ1n) is 11.6. The second-order valence-electron chi connectivity index (χ2n) is 9.74. The zero-order valence-electron chi connectivity index (χ0n) is 20.7. The number of aromatic nitrogens is 3. The quantitative estimate of drug-likeness (QED) is 0.275. The Bertz CT molecular complexity index is 1720. The van der Waals surface area contributed by atoms with E-state index in [0.29, 0.717) is 32.2 Å². The number of fused-ring (bicyclic) bond motifs is 2. The lowest BCUT2D eigenvalue weighted by Gasteiger charge is -2.28. The molecule has 1 atom stereocenters. The number of carboxylic acids is 1. The summed E-state index contributed by atoms with van der Waals surface area (Å²) in [4.78, 5) is 34.6. The molecule has 0 spiro atoms. The average molecular weight is 534 g/mol. The molecular weight excluding hydrogens is 510 g/mol. The third-order valence-corrected chi connectivity index (χ3v) is 7.26. The summed E-state index contributed by atoms with van der Waals surface area (Å²) in [5.74, 6) is -1.09. The van der Waals surface area contributed by atoms with E-state index < -0.39 is 17.7 Å². The predicted molar refractivity (Wildman–Crippen MR) is 147 cm³/mol. The number of benzene rings is 2. The summed E-state index contributed by atoms with van der Waals surface area (Å²) in [7, 11) is 0. The first-order valence-corrected chi connectivity index (χ1v) is 12.8. The number of aliphatic carboxylic acids is 1. The topological polar surface area (TPSA) is 94.3 Å². The number of ether oxygens (including phenoxy) is 1. The summed E-state index contributed by atoms with van der Waals surface area (Å²) in [6.07, 6.45) is 3.67. The van der Waals surface area contributed by atoms with Crippen molar-refractivity contribution in [3.8, 4) is 16.3 Å². The van der Waals surface area contributed by atoms with Gasteiger partial charge < -0.3 is 9.84 Å². The van der Waals surface area contributed by atoms with Gasteiger partial charge in [-0.1, -0.05) is 35.1 Å². The fourth-order valence-corrected chi connectivity index (χ4v) is 5.60. The highest BCUT2D eigenvalue weighted by Crippen LogP contribution is 2.43. The van der Waals surface area contributed by atoms with E-state index in [2.05, 4.69) is 4.98 Å². The molecule has 0 saturated carbocycles. The standard InChI is InChI=1S/C28H24ClN3O4S/c1-15-13-20-24(37-27(31-20)32-12-10-16-9-11-30-14-19(16)25(32)33)22(17-5-7-18(29)8-6-17)21(15)23(26(34)35)36-28(2,3)4/h5-14,23H,1-4H3,(H,34,35). The third kappa shape index (κ3) is 4.75. The van der Waals surface area contributed by atoms with Crippen LogP contribution in [-0.4, -0.2) is 31.2 Å². The maximum Gasteiger partial charge on any atom is 0.337 e. The number of carbonyl (C=O) groups is 1. The Morgan fingerprint density at radius 3 is 2.57 bits per heavy atom. The van der Waals surface area contributed by atoms with E-state index in [-0.39, 0.29) is 5.56 Å². The number of rotatable bonds is 5. The van der Waals surface area contributed by atoms with Crippen LogP contribution in [0.2, 0.25) is 5.02 Å². The molecule has 0 aliphatic carbocycles. The summed E-state index contributed by atoms with van der Waals surface area (Å²) in [6, 6.07) is 12.7. The largest absolute Gasteiger partial charge is 0.479 e. The lowest BCUT2D eigenvalue weighted by atomic mass is 9.91. The Morgan fingerprint density at radius 1 is 1.16 bits per heavy atom. The average Bonchev–Trinajstić information content (AvgIpc) is 3.25. The Morgan fingerprint density at radius 2 is 1.89 bits per heavy atom. The molecule has 37 heavy (non-hydrogen) atoms. The van der Waals surface area contributed by atoms with Crippen LogP contribution in [0.3, 0.4) is 0 Å². The molecule has 5 aromatic rings. The maximum absolute atomic E-state index is 13.3. The predicted octanol–water partition coefficient (Wildman–Crippen LogP) is 6.57. The first kappa shape index (κ1) is 25.1. The van der Waals surface area contributed by atoms with Crippen LogP contribution in [0.25, 0.3) is 37.2 Å². The van der Waals surface area contributed by atoms with E-state index in [9.17, 15) is 14.7 Å². The SMILES string of the molecule is Cc1cc2nc(-n3ccc4ccncc4c3=O)sc2c(-c2ccc(Cl)cc2)c1C(OC(C)(C)C)C(=O)O. The van der Waals surface area contributed by atoms with Gasteiger partial charge in [-0.3, -0.25) is 14.3 Å². The highest BCUT2D eigenvalue weighted by atomic mass is 35.5. The Balaban J connectivity index is 1.81. The van der Waals surface area contributed by atoms with E-state index in [0.717, 1.165) is 21.2 Å². The number of nitrogens with zero attached hydrogens (tertiary/aromatic N) is 3. The van der Waals surface area contributed by atoms with Gasteiger partial charge in [-0.05, 0) is 74.5 Å². The van der Waals surface area contributed by atoms with Crippen LogP contribution in [0.5, 0.6) is 0 Å². The molecular formula is C28H24ClN3O4S. The molecule has 0 amide bonds. The van der Waals surface area contributed by atoms with E-state index in [1.54, 1.807) is 36.8 Å². The minimum absolute atomic E-state index is 0.228. The van der Waals surface area contributed by atoms with Crippen molar-refractivity contribution < 1.29 is 14.6 Å². The Kier molecular flexibility index (Phi) is 6.35. The van der Waals surface area contributed by atoms with Gasteiger partial charge in [0.1, 0.15) is 0 Å². The molecule has 5 rings (SSSR count). The van der Waals surface area contributed by atoms with Crippen molar-refractivity contribution in [2.75, 3.05) is 0 Å². The van der Waals surface area contributed by atoms with E-state index in [1.165, 1.54) is 15.9 Å². The number of aryl methyl sites for hydroxylation is 1. The molecule has 0 saturated heterocycles. The van der Waals surface area contributed by atoms with Crippen molar-refractivity contribution in [1.82, 2.24) is 14.5 Å². The third-order valence-electron chi connectivity index (χ3n) is 5.92. The van der Waals surface area contributed by atoms with Gasteiger partial charge in [-0.15, -0.1) is 0 Å². The molecule has 3 aromatic heterocycles. The molecule has 2 aromatic carbocycles. The normalized spacial score (nSPS) is 12.8. The number of halogens is 1. The molecule has 0 bridgehead atoms. The molecule has 0 aliphatic rings. The van der Waals surface area contributed by atoms with Gasteiger partial charge >= 0.3 is 5.97 Å². The molecule has 9 heteroatoms. The van der Waals surface area contributed by atoms with Crippen molar-refractivity contribution in [1.29, 1.82) is 0 Å². The van der Waals surface area contributed by atoms with Gasteiger partial charge in [0.05, 0.1) is 21.2 Å². The highest BCUT2D eigenvalue weighted by Gasteiger charge is 2.32. The van der Waals surface area contributed by atoms with Crippen molar-refractivity contribution in [2.45, 2.75) is 39.4 Å². The maximum atomic E-state index is 13.3. The summed E-state index contributed by atoms with van der Waals surface area (Å²) >= 11 is 7.48. The second-order valence-corrected chi connectivity index (χ2v) is 11.1. The summed E-state index contributed by atoms with van der Waals surface area (Å²) in [6.45, 7) is 7.32. The fourth-order valence-electron chi connectivity index (χ4n) is 4.36. The van der Waals surface area contributed by atoms with Crippen molar-refractivity contribution in [2.24, 2.45) is 0 Å². The summed E-state index contributed by atoms with van der Waals surface area (Å²) in [5, 5.41) is 12.5. The number of hydrogen-bond acceptors (Lipinski definition) is 6. The van der Waals surface area contributed by atoms with E-state index in [1.807, 2.05) is 52.0 Å². The minimum Gasteiger partial charge on any atom is -0.479 e. The number of carboxylic acid groups (broad SMARTS) is 1. The molecule has 0 aliphatic heterocycles. The lowest BCUT2D eigenvalue weighted by Crippen LogP contribution is -2.28. The summed E-state index contributed by atoms with van der Waals surface area (Å²) < 4.78 is 8.30. The van der Waals surface area contributed by atoms with Crippen LogP contribution in [0.15, 0.2) is 65.8 Å². The zero-order valence-corrected chi connectivity index (χ0v) is 22.2. The van der Waals surface area contributed by atoms with Crippen LogP contribution in [0.4, 0.5) is 0 Å². The van der Waals surface area contributed by atoms with Crippen LogP contribution in [0.1, 0.15) is 38.0 Å². The van der Waals surface area contributed by atoms with Crippen molar-refractivity contribution in [3.05, 3.63) is 87.6 Å². The highest BCUT2D eigenvalue weighted by molar-refractivity contribution is 7.21. The molecule has 188 valence electrons. The van der Waals surface area contributed by atoms with Gasteiger partial charge in [-0.2, -0.15) is 0 Å². The molecule has 1 N–H and O–H groups in total. The number of hydrogen-bond donors (Lipinski definition) is 1. The molecule has 3 heterocycles. The van der Waals surface area contributed by atoms with E-state index >= 15 is 0 Å². The monoisotopic (exact) mass is 533 g/mol. The fraction of sp³-hybridized carbons (Fsp3) is 0.214. The molecule has 1 unspecified atom stereocenters. The number of pyridine rings is 2. The van der Waals surface area contributed by atoms with Gasteiger partial charge in [0, 0.05) is 34.7 Å². The van der Waals surface area contributed by atoms with Crippen LogP contribution < -0.4 is 5.56 Å². The Hall–Kier alpha value is -3.59. The van der Waals surface area contributed by atoms with Gasteiger partial charge in [0.2, 0.25) is 0 Å². The van der Waals surface area contributed by atoms with Crippen molar-refractivity contribution >= 4 is 49.9 Å². The van der Waals surface area contributed by atoms with Gasteiger partial charge in [0.25, 0.3) is 5.56 Å². The first-order chi connectivity index (χ1) is 17.5. The van der Waals surface area contributed by atoms with Gasteiger partial charge in [0.15, 0.2) is 11.2 Å². The zero-order chi connectivity index (χ0) is 26.5. The van der Waals surface area contributed by atoms with Crippen LogP contribution in [0, 0.1) is 6.92 Å². The van der Waals surface area contributed by atoms with Gasteiger partial charge in [-0.25, -0.2) is 9.78 Å². The van der Waals surface area contributed by atoms with Crippen LogP contribution in [-0.2, 0) is 9.53 Å².